The number of hydrogen-bond acceptors (Lipinski definition) is 9. The zero-order chi connectivity index (χ0) is 22.6. The highest BCUT2D eigenvalue weighted by Crippen LogP contribution is 2.31. The van der Waals surface area contributed by atoms with E-state index in [1.54, 1.807) is 23.6 Å². The van der Waals surface area contributed by atoms with E-state index < -0.39 is 0 Å². The second kappa shape index (κ2) is 9.60. The van der Waals surface area contributed by atoms with E-state index in [4.69, 9.17) is 21.1 Å². The number of anilines is 3. The lowest BCUT2D eigenvalue weighted by molar-refractivity contribution is 0.306. The zero-order valence-corrected chi connectivity index (χ0v) is 19.4. The molecule has 0 radical (unpaired) electrons. The SMILES string of the molecule is CC[C@H]1COC(Nc2ccc3ncnc(Nc4ccc(OCc5nccs5)c(Cl)c4)c3c2)=N1. The summed E-state index contributed by atoms with van der Waals surface area (Å²) in [5.41, 5.74) is 2.45. The van der Waals surface area contributed by atoms with E-state index in [9.17, 15) is 0 Å². The van der Waals surface area contributed by atoms with Gasteiger partial charge in [0, 0.05) is 28.3 Å². The molecular weight excluding hydrogens is 460 g/mol. The predicted molar refractivity (Wildman–Crippen MR) is 132 cm³/mol. The number of amidine groups is 1. The van der Waals surface area contributed by atoms with Crippen molar-refractivity contribution >= 4 is 57.1 Å². The summed E-state index contributed by atoms with van der Waals surface area (Å²) >= 11 is 7.99. The van der Waals surface area contributed by atoms with Gasteiger partial charge in [-0.15, -0.1) is 11.3 Å². The summed E-state index contributed by atoms with van der Waals surface area (Å²) in [6, 6.07) is 12.1. The highest BCUT2D eigenvalue weighted by atomic mass is 35.5. The van der Waals surface area contributed by atoms with Crippen molar-refractivity contribution in [3.05, 3.63) is 64.3 Å². The molecule has 0 amide bonds. The largest absolute Gasteiger partial charge is 0.485 e. The fourth-order valence-electron chi connectivity index (χ4n) is 3.35. The van der Waals surface area contributed by atoms with Crippen LogP contribution in [0.3, 0.4) is 0 Å². The average Bonchev–Trinajstić information content (AvgIpc) is 3.51. The van der Waals surface area contributed by atoms with Gasteiger partial charge in [0.25, 0.3) is 6.02 Å². The molecule has 1 aliphatic rings. The zero-order valence-electron chi connectivity index (χ0n) is 17.8. The third-order valence-corrected chi connectivity index (χ3v) is 6.15. The van der Waals surface area contributed by atoms with Gasteiger partial charge in [0.2, 0.25) is 0 Å². The molecule has 3 heterocycles. The van der Waals surface area contributed by atoms with Crippen molar-refractivity contribution in [2.24, 2.45) is 4.99 Å². The van der Waals surface area contributed by atoms with Crippen molar-refractivity contribution in [2.45, 2.75) is 26.0 Å². The first kappa shape index (κ1) is 21.4. The van der Waals surface area contributed by atoms with Gasteiger partial charge in [-0.3, -0.25) is 0 Å². The maximum absolute atomic E-state index is 6.45. The standard InChI is InChI=1S/C23H21ClN6O2S/c1-2-14-11-32-23(29-14)30-15-3-5-19-17(9-15)22(27-13-26-19)28-16-4-6-20(18(24)10-16)31-12-21-25-7-8-33-21/h3-10,13-14H,2,11-12H2,1H3,(H,29,30)(H,26,27,28)/t14-/m0/s1. The van der Waals surface area contributed by atoms with Crippen LogP contribution in [-0.2, 0) is 11.3 Å². The molecule has 0 bridgehead atoms. The van der Waals surface area contributed by atoms with Crippen LogP contribution in [0.5, 0.6) is 5.75 Å². The summed E-state index contributed by atoms with van der Waals surface area (Å²) in [4.78, 5) is 17.5. The summed E-state index contributed by atoms with van der Waals surface area (Å²) in [5.74, 6) is 1.26. The van der Waals surface area contributed by atoms with Gasteiger partial charge in [0.1, 0.15) is 36.1 Å². The van der Waals surface area contributed by atoms with Gasteiger partial charge in [-0.05, 0) is 42.8 Å². The number of ether oxygens (including phenoxy) is 2. The number of halogens is 1. The van der Waals surface area contributed by atoms with Crippen LogP contribution in [0.1, 0.15) is 18.4 Å². The number of nitrogens with one attached hydrogen (secondary N) is 2. The number of rotatable bonds is 7. The van der Waals surface area contributed by atoms with Gasteiger partial charge in [-0.2, -0.15) is 0 Å². The predicted octanol–water partition coefficient (Wildman–Crippen LogP) is 5.64. The van der Waals surface area contributed by atoms with Crippen LogP contribution in [0.2, 0.25) is 5.02 Å². The molecule has 2 N–H and O–H groups in total. The lowest BCUT2D eigenvalue weighted by Crippen LogP contribution is -2.11. The molecule has 2 aromatic heterocycles. The van der Waals surface area contributed by atoms with E-state index in [2.05, 4.69) is 37.5 Å². The van der Waals surface area contributed by atoms with E-state index in [-0.39, 0.29) is 6.04 Å². The number of nitrogens with zero attached hydrogens (tertiary/aromatic N) is 4. The Labute approximate surface area is 199 Å². The minimum atomic E-state index is 0.201. The van der Waals surface area contributed by atoms with Crippen molar-refractivity contribution in [1.29, 1.82) is 0 Å². The molecule has 0 fully saturated rings. The lowest BCUT2D eigenvalue weighted by Gasteiger charge is -2.12. The molecule has 8 nitrogen and oxygen atoms in total. The second-order valence-electron chi connectivity index (χ2n) is 7.37. The highest BCUT2D eigenvalue weighted by Gasteiger charge is 2.17. The van der Waals surface area contributed by atoms with Crippen molar-refractivity contribution in [2.75, 3.05) is 17.2 Å². The van der Waals surface area contributed by atoms with Crippen LogP contribution in [0.4, 0.5) is 17.2 Å². The van der Waals surface area contributed by atoms with Crippen molar-refractivity contribution < 1.29 is 9.47 Å². The molecule has 0 saturated carbocycles. The Morgan fingerprint density at radius 3 is 2.79 bits per heavy atom. The number of aromatic nitrogens is 3. The Hall–Kier alpha value is -3.43. The summed E-state index contributed by atoms with van der Waals surface area (Å²) in [5, 5.41) is 10.7. The summed E-state index contributed by atoms with van der Waals surface area (Å²) < 4.78 is 11.4. The smallest absolute Gasteiger partial charge is 0.289 e. The molecule has 0 unspecified atom stereocenters. The highest BCUT2D eigenvalue weighted by molar-refractivity contribution is 7.09. The Balaban J connectivity index is 1.34. The Kier molecular flexibility index (Phi) is 6.23. The number of aliphatic imine (C=N–C) groups is 1. The van der Waals surface area contributed by atoms with Gasteiger partial charge < -0.3 is 20.1 Å². The third kappa shape index (κ3) is 4.99. The van der Waals surface area contributed by atoms with Crippen molar-refractivity contribution in [3.63, 3.8) is 0 Å². The van der Waals surface area contributed by atoms with Crippen LogP contribution < -0.4 is 15.4 Å². The molecule has 1 aliphatic heterocycles. The number of thiazole rings is 1. The van der Waals surface area contributed by atoms with Crippen LogP contribution in [0, 0.1) is 0 Å². The molecule has 1 atom stereocenters. The Bertz CT molecular complexity index is 1300. The lowest BCUT2D eigenvalue weighted by atomic mass is 10.2. The monoisotopic (exact) mass is 480 g/mol. The minimum absolute atomic E-state index is 0.201. The number of hydrogen-bond donors (Lipinski definition) is 2. The summed E-state index contributed by atoms with van der Waals surface area (Å²) in [6.45, 7) is 3.08. The quantitative estimate of drug-likeness (QED) is 0.353. The molecule has 10 heteroatoms. The first-order valence-corrected chi connectivity index (χ1v) is 11.7. The van der Waals surface area contributed by atoms with E-state index in [1.165, 1.54) is 6.33 Å². The molecule has 0 saturated heterocycles. The van der Waals surface area contributed by atoms with Gasteiger partial charge in [0.05, 0.1) is 16.6 Å². The molecule has 2 aromatic carbocycles. The van der Waals surface area contributed by atoms with E-state index in [0.29, 0.717) is 35.8 Å². The summed E-state index contributed by atoms with van der Waals surface area (Å²) in [6.07, 6.45) is 4.23. The topological polar surface area (TPSA) is 93.5 Å². The normalized spacial score (nSPS) is 15.2. The summed E-state index contributed by atoms with van der Waals surface area (Å²) in [7, 11) is 0. The van der Waals surface area contributed by atoms with Crippen LogP contribution in [-0.4, -0.2) is 33.6 Å². The molecule has 33 heavy (non-hydrogen) atoms. The van der Waals surface area contributed by atoms with Gasteiger partial charge >= 0.3 is 0 Å². The van der Waals surface area contributed by atoms with Crippen molar-refractivity contribution in [3.8, 4) is 5.75 Å². The first-order chi connectivity index (χ1) is 16.2. The number of benzene rings is 2. The third-order valence-electron chi connectivity index (χ3n) is 5.10. The Morgan fingerprint density at radius 1 is 1.12 bits per heavy atom. The Morgan fingerprint density at radius 2 is 2.00 bits per heavy atom. The van der Waals surface area contributed by atoms with Crippen LogP contribution in [0.25, 0.3) is 10.9 Å². The van der Waals surface area contributed by atoms with Gasteiger partial charge in [-0.25, -0.2) is 19.9 Å². The molecule has 0 aliphatic carbocycles. The molecular formula is C23H21ClN6O2S. The van der Waals surface area contributed by atoms with Gasteiger partial charge in [0.15, 0.2) is 0 Å². The molecule has 5 rings (SSSR count). The fourth-order valence-corrected chi connectivity index (χ4v) is 4.11. The molecule has 0 spiro atoms. The van der Waals surface area contributed by atoms with Crippen molar-refractivity contribution in [1.82, 2.24) is 15.0 Å². The van der Waals surface area contributed by atoms with E-state index in [0.717, 1.165) is 33.7 Å². The number of fused-ring (bicyclic) bond motifs is 1. The maximum Gasteiger partial charge on any atom is 0.289 e. The molecule has 168 valence electrons. The fraction of sp³-hybridized carbons (Fsp3) is 0.217. The first-order valence-electron chi connectivity index (χ1n) is 10.5. The van der Waals surface area contributed by atoms with Crippen LogP contribution in [0.15, 0.2) is 59.3 Å². The van der Waals surface area contributed by atoms with Gasteiger partial charge in [-0.1, -0.05) is 18.5 Å². The molecule has 4 aromatic rings. The van der Waals surface area contributed by atoms with Crippen LogP contribution >= 0.6 is 22.9 Å². The maximum atomic E-state index is 6.45. The van der Waals surface area contributed by atoms with E-state index >= 15 is 0 Å². The van der Waals surface area contributed by atoms with E-state index in [1.807, 2.05) is 35.7 Å². The average molecular weight is 481 g/mol. The minimum Gasteiger partial charge on any atom is -0.485 e. The second-order valence-corrected chi connectivity index (χ2v) is 8.76.